The Morgan fingerprint density at radius 1 is 0.661 bits per heavy atom. The Labute approximate surface area is 353 Å². The fourth-order valence-electron chi connectivity index (χ4n) is 11.3. The number of thiophene rings is 3. The molecule has 9 heteroatoms. The Bertz CT molecular complexity index is 3120. The highest BCUT2D eigenvalue weighted by molar-refractivity contribution is 7.32. The molecule has 0 radical (unpaired) electrons. The fraction of sp³-hybridized carbons (Fsp3) is 0.240. The second kappa shape index (κ2) is 13.2. The standard InChI is InChI=1S/C50H32N4O2S3/c1-54-36(26-53)40-31-13-5-7-15-33(31)45(56)35(40)22-29-23-38-46(57-29)43-48(59-38)47-42(50(43)18-10-3-11-19-50)41-37(58-47)21-28(49(41)16-8-2-9-17-49)20-34-39(27(24-51)25-52)30-12-4-6-14-32(30)44(34)55/h4-7,12-15,20-23H,2-3,8-11,16-19H2/b34-20-,35-22+,40-36-. The number of allylic oxidation sites excluding steroid dienone is 8. The first kappa shape index (κ1) is 35.9. The minimum absolute atomic E-state index is 0.0342. The van der Waals surface area contributed by atoms with E-state index in [-0.39, 0.29) is 33.7 Å². The van der Waals surface area contributed by atoms with Gasteiger partial charge in [-0.2, -0.15) is 10.5 Å². The predicted octanol–water partition coefficient (Wildman–Crippen LogP) is 12.9. The number of Topliss-reactive ketones (excluding diaryl/α,β-unsaturated/α-hetero) is 2. The lowest BCUT2D eigenvalue weighted by Gasteiger charge is -2.42. The molecule has 11 rings (SSSR count). The number of ketones is 2. The van der Waals surface area contributed by atoms with Crippen LogP contribution in [0, 0.1) is 40.6 Å². The van der Waals surface area contributed by atoms with E-state index in [4.69, 9.17) is 6.57 Å². The molecule has 5 aromatic rings. The minimum atomic E-state index is -0.269. The molecule has 6 aliphatic carbocycles. The fourth-order valence-corrected chi connectivity index (χ4v) is 15.7. The first-order chi connectivity index (χ1) is 28.9. The zero-order valence-electron chi connectivity index (χ0n) is 31.8. The van der Waals surface area contributed by atoms with Crippen LogP contribution in [0.4, 0.5) is 0 Å². The lowest BCUT2D eigenvalue weighted by atomic mass is 9.61. The van der Waals surface area contributed by atoms with Crippen LogP contribution in [0.15, 0.2) is 88.7 Å². The number of rotatable bonds is 2. The lowest BCUT2D eigenvalue weighted by Crippen LogP contribution is -2.35. The molecule has 6 nitrogen and oxygen atoms in total. The second-order valence-corrected chi connectivity index (χ2v) is 19.6. The summed E-state index contributed by atoms with van der Waals surface area (Å²) in [5.74, 6) is -0.291. The second-order valence-electron chi connectivity index (χ2n) is 16.4. The molecule has 282 valence electrons. The summed E-state index contributed by atoms with van der Waals surface area (Å²) >= 11 is 5.46. The number of fused-ring (bicyclic) bond motifs is 12. The van der Waals surface area contributed by atoms with Crippen molar-refractivity contribution in [3.63, 3.8) is 0 Å². The van der Waals surface area contributed by atoms with Crippen molar-refractivity contribution in [3.8, 4) is 28.0 Å². The number of nitriles is 3. The molecule has 0 amide bonds. The van der Waals surface area contributed by atoms with Gasteiger partial charge in [0.15, 0.2) is 11.6 Å². The quantitative estimate of drug-likeness (QED) is 0.100. The van der Waals surface area contributed by atoms with Gasteiger partial charge in [-0.05, 0) is 77.8 Å². The summed E-state index contributed by atoms with van der Waals surface area (Å²) < 4.78 is 2.47. The normalized spacial score (nSPS) is 21.2. The SMILES string of the molecule is [C-]#[N+]/C(C#N)=C1\C(=C/c2cc3sc4c(c3s2)C2(CCCCC2)c2c-4sc3c2C2(CCCCC2)C(/C=C2\C(=O)c4ccccc4C2=C(C#N)C#N)=C3)C(=O)c2ccccc21. The third-order valence-electron chi connectivity index (χ3n) is 13.6. The van der Waals surface area contributed by atoms with E-state index in [0.717, 1.165) is 61.8 Å². The van der Waals surface area contributed by atoms with E-state index < -0.39 is 0 Å². The molecule has 0 atom stereocenters. The first-order valence-electron chi connectivity index (χ1n) is 20.1. The van der Waals surface area contributed by atoms with E-state index in [2.05, 4.69) is 29.1 Å². The Morgan fingerprint density at radius 2 is 1.24 bits per heavy atom. The van der Waals surface area contributed by atoms with E-state index >= 15 is 0 Å². The van der Waals surface area contributed by atoms with Crippen molar-refractivity contribution in [3.05, 3.63) is 149 Å². The lowest BCUT2D eigenvalue weighted by molar-refractivity contribution is 0.103. The van der Waals surface area contributed by atoms with Gasteiger partial charge < -0.3 is 0 Å². The average Bonchev–Trinajstić information content (AvgIpc) is 4.12. The van der Waals surface area contributed by atoms with Crippen LogP contribution in [0.3, 0.4) is 0 Å². The molecule has 0 N–H and O–H groups in total. The van der Waals surface area contributed by atoms with Gasteiger partial charge in [0.05, 0.1) is 22.2 Å². The number of nitrogens with zero attached hydrogens (tertiary/aromatic N) is 4. The van der Waals surface area contributed by atoms with E-state index in [1.54, 1.807) is 23.5 Å². The molecule has 0 saturated heterocycles. The van der Waals surface area contributed by atoms with Gasteiger partial charge in [-0.1, -0.05) is 87.1 Å². The molecule has 0 aliphatic heterocycles. The highest BCUT2D eigenvalue weighted by Crippen LogP contribution is 2.69. The van der Waals surface area contributed by atoms with Crippen molar-refractivity contribution < 1.29 is 9.59 Å². The molecule has 2 spiro atoms. The number of carbonyl (C=O) groups is 2. The van der Waals surface area contributed by atoms with Gasteiger partial charge in [0.1, 0.15) is 17.7 Å². The molecule has 0 bridgehead atoms. The first-order valence-corrected chi connectivity index (χ1v) is 22.6. The number of hydrogen-bond acceptors (Lipinski definition) is 8. The van der Waals surface area contributed by atoms with Crippen molar-refractivity contribution in [1.82, 2.24) is 0 Å². The van der Waals surface area contributed by atoms with Gasteiger partial charge in [-0.15, -0.1) is 34.0 Å². The predicted molar refractivity (Wildman–Crippen MR) is 235 cm³/mol. The topological polar surface area (TPSA) is 110 Å². The number of carbonyl (C=O) groups excluding carboxylic acids is 2. The Kier molecular flexibility index (Phi) is 8.01. The van der Waals surface area contributed by atoms with Gasteiger partial charge in [0.25, 0.3) is 5.70 Å². The Balaban J connectivity index is 1.07. The van der Waals surface area contributed by atoms with Crippen molar-refractivity contribution in [2.75, 3.05) is 0 Å². The van der Waals surface area contributed by atoms with Crippen LogP contribution in [0.1, 0.15) is 122 Å². The summed E-state index contributed by atoms with van der Waals surface area (Å²) in [6.45, 7) is 7.74. The van der Waals surface area contributed by atoms with Gasteiger partial charge in [0.2, 0.25) is 0 Å². The molecule has 2 aromatic carbocycles. The molecule has 59 heavy (non-hydrogen) atoms. The average molecular weight is 817 g/mol. The van der Waals surface area contributed by atoms with Gasteiger partial charge >= 0.3 is 0 Å². The van der Waals surface area contributed by atoms with Crippen LogP contribution in [0.25, 0.3) is 47.3 Å². The highest BCUT2D eigenvalue weighted by Gasteiger charge is 2.55. The van der Waals surface area contributed by atoms with Crippen molar-refractivity contribution in [1.29, 1.82) is 15.8 Å². The van der Waals surface area contributed by atoms with Crippen LogP contribution >= 0.6 is 34.0 Å². The van der Waals surface area contributed by atoms with Crippen LogP contribution in [0.5, 0.6) is 0 Å². The molecule has 2 saturated carbocycles. The third kappa shape index (κ3) is 4.79. The molecule has 3 heterocycles. The monoisotopic (exact) mass is 816 g/mol. The zero-order chi connectivity index (χ0) is 40.2. The van der Waals surface area contributed by atoms with Crippen LogP contribution < -0.4 is 0 Å². The van der Waals surface area contributed by atoms with Crippen LogP contribution in [-0.2, 0) is 10.8 Å². The zero-order valence-corrected chi connectivity index (χ0v) is 34.3. The summed E-state index contributed by atoms with van der Waals surface area (Å²) in [4.78, 5) is 36.5. The highest BCUT2D eigenvalue weighted by atomic mass is 32.1. The van der Waals surface area contributed by atoms with E-state index in [1.165, 1.54) is 53.6 Å². The molecule has 6 aliphatic rings. The summed E-state index contributed by atoms with van der Waals surface area (Å²) in [6, 6.07) is 23.0. The summed E-state index contributed by atoms with van der Waals surface area (Å²) in [5.41, 5.74) is 9.05. The summed E-state index contributed by atoms with van der Waals surface area (Å²) in [7, 11) is 0. The third-order valence-corrected chi connectivity index (χ3v) is 17.3. The smallest absolute Gasteiger partial charge is 0.270 e. The Morgan fingerprint density at radius 3 is 1.85 bits per heavy atom. The van der Waals surface area contributed by atoms with Gasteiger partial charge in [-0.25, -0.2) is 10.1 Å². The maximum absolute atomic E-state index is 14.2. The molecule has 0 unspecified atom stereocenters. The van der Waals surface area contributed by atoms with Gasteiger partial charge in [-0.3, -0.25) is 9.59 Å². The maximum Gasteiger partial charge on any atom is 0.270 e. The minimum Gasteiger partial charge on any atom is -0.289 e. The van der Waals surface area contributed by atoms with E-state index in [9.17, 15) is 25.4 Å². The van der Waals surface area contributed by atoms with Crippen molar-refractivity contribution in [2.24, 2.45) is 0 Å². The maximum atomic E-state index is 14.2. The molecular weight excluding hydrogens is 785 g/mol. The van der Waals surface area contributed by atoms with Crippen molar-refractivity contribution >= 4 is 78.3 Å². The van der Waals surface area contributed by atoms with E-state index in [1.807, 2.05) is 77.3 Å². The summed E-state index contributed by atoms with van der Waals surface area (Å²) in [5, 5.41) is 30.1. The number of benzene rings is 2. The molecule has 2 fully saturated rings. The molecule has 3 aromatic heterocycles. The number of hydrogen-bond donors (Lipinski definition) is 0. The van der Waals surface area contributed by atoms with E-state index in [0.29, 0.717) is 44.5 Å². The molecular formula is C50H32N4O2S3. The van der Waals surface area contributed by atoms with Gasteiger partial charge in [0, 0.05) is 69.1 Å². The van der Waals surface area contributed by atoms with Crippen LogP contribution in [0.2, 0.25) is 0 Å². The van der Waals surface area contributed by atoms with Crippen LogP contribution in [-0.4, -0.2) is 11.6 Å². The largest absolute Gasteiger partial charge is 0.289 e. The summed E-state index contributed by atoms with van der Waals surface area (Å²) in [6.07, 6.45) is 17.2. The Hall–Kier alpha value is -6.20. The van der Waals surface area contributed by atoms with Crippen molar-refractivity contribution in [2.45, 2.75) is 75.0 Å².